The molecule has 0 radical (unpaired) electrons. The van der Waals surface area contributed by atoms with Crippen LogP contribution in [0.2, 0.25) is 0 Å². The number of carbonyl (C=O) groups excluding carboxylic acids is 1. The average Bonchev–Trinajstić information content (AvgIpc) is 2.94. The fourth-order valence-corrected chi connectivity index (χ4v) is 7.79. The maximum Gasteiger partial charge on any atom is 0.262 e. The van der Waals surface area contributed by atoms with E-state index in [9.17, 15) is 9.59 Å². The van der Waals surface area contributed by atoms with Crippen molar-refractivity contribution in [2.24, 2.45) is 23.2 Å². The van der Waals surface area contributed by atoms with Crippen molar-refractivity contribution in [2.75, 3.05) is 6.54 Å². The number of thiophene rings is 1. The number of hydrogen-bond acceptors (Lipinski definition) is 4. The Kier molecular flexibility index (Phi) is 4.80. The van der Waals surface area contributed by atoms with E-state index in [2.05, 4.69) is 10.3 Å². The zero-order valence-corrected chi connectivity index (χ0v) is 18.3. The van der Waals surface area contributed by atoms with Gasteiger partial charge in [0.2, 0.25) is 5.91 Å². The first kappa shape index (κ1) is 19.3. The van der Waals surface area contributed by atoms with Gasteiger partial charge in [-0.2, -0.15) is 0 Å². The van der Waals surface area contributed by atoms with Gasteiger partial charge in [-0.15, -0.1) is 11.3 Å². The van der Waals surface area contributed by atoms with E-state index < -0.39 is 0 Å². The molecule has 4 bridgehead atoms. The summed E-state index contributed by atoms with van der Waals surface area (Å²) in [6.07, 6.45) is 11.6. The molecule has 29 heavy (non-hydrogen) atoms. The molecule has 0 unspecified atom stereocenters. The number of nitrogens with zero attached hydrogens (tertiary/aromatic N) is 2. The Labute approximate surface area is 175 Å². The zero-order valence-electron chi connectivity index (χ0n) is 17.5. The number of nitrogens with one attached hydrogen (secondary N) is 1. The van der Waals surface area contributed by atoms with Gasteiger partial charge >= 0.3 is 0 Å². The van der Waals surface area contributed by atoms with E-state index in [0.717, 1.165) is 46.0 Å². The molecule has 0 saturated heterocycles. The van der Waals surface area contributed by atoms with Crippen LogP contribution in [-0.4, -0.2) is 22.0 Å². The molecule has 0 aromatic carbocycles. The van der Waals surface area contributed by atoms with E-state index in [1.54, 1.807) is 22.2 Å². The van der Waals surface area contributed by atoms with Crippen molar-refractivity contribution in [3.63, 3.8) is 0 Å². The Morgan fingerprint density at radius 2 is 1.86 bits per heavy atom. The van der Waals surface area contributed by atoms with Crippen LogP contribution in [0.5, 0.6) is 0 Å². The molecule has 156 valence electrons. The van der Waals surface area contributed by atoms with Gasteiger partial charge in [-0.1, -0.05) is 0 Å². The first-order chi connectivity index (χ1) is 13.9. The van der Waals surface area contributed by atoms with Gasteiger partial charge in [0, 0.05) is 24.4 Å². The maximum atomic E-state index is 12.7. The van der Waals surface area contributed by atoms with Crippen molar-refractivity contribution >= 4 is 27.5 Å². The smallest absolute Gasteiger partial charge is 0.262 e. The normalized spacial score (nSPS) is 30.2. The van der Waals surface area contributed by atoms with Crippen LogP contribution in [0.3, 0.4) is 0 Å². The standard InChI is InChI=1S/C23H31N3O2S/c1-14-15(2)29-21-20(14)22(28)26(13-25-21)6-3-19(27)24-5-4-23-10-16-7-17(11-23)9-18(8-16)12-23/h13,16-18H,3-12H2,1-2H3,(H,24,27). The molecule has 1 N–H and O–H groups in total. The summed E-state index contributed by atoms with van der Waals surface area (Å²) in [6, 6.07) is 0. The Morgan fingerprint density at radius 3 is 2.52 bits per heavy atom. The summed E-state index contributed by atoms with van der Waals surface area (Å²) in [5.74, 6) is 2.90. The van der Waals surface area contributed by atoms with Gasteiger partial charge in [0.05, 0.1) is 11.7 Å². The van der Waals surface area contributed by atoms with E-state index in [1.807, 2.05) is 13.8 Å². The quantitative estimate of drug-likeness (QED) is 0.772. The molecule has 4 aliphatic carbocycles. The van der Waals surface area contributed by atoms with Gasteiger partial charge in [0.15, 0.2) is 0 Å². The molecule has 4 saturated carbocycles. The van der Waals surface area contributed by atoms with Crippen LogP contribution in [-0.2, 0) is 11.3 Å². The van der Waals surface area contributed by atoms with Gasteiger partial charge < -0.3 is 5.32 Å². The van der Waals surface area contributed by atoms with Crippen LogP contribution < -0.4 is 10.9 Å². The van der Waals surface area contributed by atoms with Gasteiger partial charge in [0.25, 0.3) is 5.56 Å². The second-order valence-electron chi connectivity index (χ2n) is 9.97. The molecule has 0 atom stereocenters. The van der Waals surface area contributed by atoms with Crippen molar-refractivity contribution < 1.29 is 4.79 Å². The highest BCUT2D eigenvalue weighted by Crippen LogP contribution is 2.61. The Bertz CT molecular complexity index is 970. The number of aryl methyl sites for hydroxylation is 3. The summed E-state index contributed by atoms with van der Waals surface area (Å²) in [5.41, 5.74) is 1.48. The predicted molar refractivity (Wildman–Crippen MR) is 116 cm³/mol. The molecular formula is C23H31N3O2S. The molecule has 0 spiro atoms. The lowest BCUT2D eigenvalue weighted by Gasteiger charge is -2.57. The third-order valence-corrected chi connectivity index (χ3v) is 8.99. The minimum Gasteiger partial charge on any atom is -0.356 e. The molecule has 0 aliphatic heterocycles. The van der Waals surface area contributed by atoms with E-state index in [1.165, 1.54) is 38.5 Å². The van der Waals surface area contributed by atoms with Crippen LogP contribution in [0.25, 0.3) is 10.2 Å². The van der Waals surface area contributed by atoms with Crippen LogP contribution in [0.15, 0.2) is 11.1 Å². The van der Waals surface area contributed by atoms with Crippen LogP contribution in [0.1, 0.15) is 61.8 Å². The van der Waals surface area contributed by atoms with Crippen LogP contribution >= 0.6 is 11.3 Å². The van der Waals surface area contributed by atoms with E-state index in [-0.39, 0.29) is 11.5 Å². The summed E-state index contributed by atoms with van der Waals surface area (Å²) < 4.78 is 1.58. The molecule has 2 aromatic heterocycles. The maximum absolute atomic E-state index is 12.7. The number of rotatable bonds is 6. The molecule has 4 fully saturated rings. The number of fused-ring (bicyclic) bond motifs is 1. The highest BCUT2D eigenvalue weighted by Gasteiger charge is 2.50. The Balaban J connectivity index is 1.15. The lowest BCUT2D eigenvalue weighted by atomic mass is 9.49. The summed E-state index contributed by atoms with van der Waals surface area (Å²) in [7, 11) is 0. The predicted octanol–water partition coefficient (Wildman–Crippen LogP) is 4.19. The first-order valence-electron chi connectivity index (χ1n) is 11.1. The largest absolute Gasteiger partial charge is 0.356 e. The molecule has 2 aromatic rings. The van der Waals surface area contributed by atoms with E-state index in [4.69, 9.17) is 0 Å². The summed E-state index contributed by atoms with van der Waals surface area (Å²) >= 11 is 1.56. The second-order valence-corrected chi connectivity index (χ2v) is 11.2. The summed E-state index contributed by atoms with van der Waals surface area (Å²) in [6.45, 7) is 5.15. The van der Waals surface area contributed by atoms with Gasteiger partial charge in [-0.3, -0.25) is 14.2 Å². The Morgan fingerprint density at radius 1 is 1.21 bits per heavy atom. The van der Waals surface area contributed by atoms with E-state index in [0.29, 0.717) is 23.8 Å². The molecular weight excluding hydrogens is 382 g/mol. The first-order valence-corrected chi connectivity index (χ1v) is 12.0. The summed E-state index contributed by atoms with van der Waals surface area (Å²) in [4.78, 5) is 31.5. The van der Waals surface area contributed by atoms with Crippen LogP contribution in [0.4, 0.5) is 0 Å². The van der Waals surface area contributed by atoms with Crippen molar-refractivity contribution in [2.45, 2.75) is 71.8 Å². The number of amides is 1. The average molecular weight is 414 g/mol. The molecule has 4 aliphatic rings. The minimum atomic E-state index is -0.0294. The van der Waals surface area contributed by atoms with Crippen molar-refractivity contribution in [3.8, 4) is 0 Å². The van der Waals surface area contributed by atoms with Crippen molar-refractivity contribution in [1.82, 2.24) is 14.9 Å². The van der Waals surface area contributed by atoms with Crippen molar-refractivity contribution in [1.29, 1.82) is 0 Å². The number of hydrogen-bond donors (Lipinski definition) is 1. The molecule has 2 heterocycles. The van der Waals surface area contributed by atoms with Crippen LogP contribution in [0, 0.1) is 37.0 Å². The fraction of sp³-hybridized carbons (Fsp3) is 0.696. The number of carbonyl (C=O) groups is 1. The molecule has 6 heteroatoms. The minimum absolute atomic E-state index is 0.0294. The third kappa shape index (κ3) is 3.54. The Hall–Kier alpha value is -1.69. The number of aromatic nitrogens is 2. The monoisotopic (exact) mass is 413 g/mol. The highest BCUT2D eigenvalue weighted by atomic mass is 32.1. The lowest BCUT2D eigenvalue weighted by Crippen LogP contribution is -2.47. The molecule has 1 amide bonds. The highest BCUT2D eigenvalue weighted by molar-refractivity contribution is 7.18. The summed E-state index contributed by atoms with van der Waals surface area (Å²) in [5, 5.41) is 3.83. The van der Waals surface area contributed by atoms with Gasteiger partial charge in [-0.05, 0) is 87.5 Å². The van der Waals surface area contributed by atoms with Gasteiger partial charge in [-0.25, -0.2) is 4.98 Å². The van der Waals surface area contributed by atoms with E-state index >= 15 is 0 Å². The zero-order chi connectivity index (χ0) is 20.2. The second kappa shape index (κ2) is 7.22. The molecule has 5 nitrogen and oxygen atoms in total. The fourth-order valence-electron chi connectivity index (χ4n) is 6.80. The third-order valence-electron chi connectivity index (χ3n) is 7.88. The topological polar surface area (TPSA) is 64.0 Å². The molecule has 6 rings (SSSR count). The van der Waals surface area contributed by atoms with Crippen molar-refractivity contribution in [3.05, 3.63) is 27.1 Å². The van der Waals surface area contributed by atoms with Gasteiger partial charge in [0.1, 0.15) is 4.83 Å². The SMILES string of the molecule is Cc1sc2ncn(CCC(=O)NCCC34CC5CC(CC(C5)C3)C4)c(=O)c2c1C. The lowest BCUT2D eigenvalue weighted by molar-refractivity contribution is -0.121.